The number of fused-ring (bicyclic) bond motifs is 6. The number of hydrogen-bond donors (Lipinski definition) is 0. The number of thiophene rings is 1. The van der Waals surface area contributed by atoms with E-state index < -0.39 is 48.3 Å². The Bertz CT molecular complexity index is 3420. The third-order valence-electron chi connectivity index (χ3n) is 8.54. The van der Waals surface area contributed by atoms with Gasteiger partial charge >= 0.3 is 0 Å². The minimum atomic E-state index is -0.630. The summed E-state index contributed by atoms with van der Waals surface area (Å²) in [5, 5.41) is 1.58. The minimum Gasteiger partial charge on any atom is -0.456 e. The van der Waals surface area contributed by atoms with Crippen LogP contribution in [-0.2, 0) is 0 Å². The average Bonchev–Trinajstić information content (AvgIpc) is 3.87. The highest BCUT2D eigenvalue weighted by molar-refractivity contribution is 7.26. The van der Waals surface area contributed by atoms with Crippen LogP contribution in [-0.4, -0.2) is 15.0 Å². The fourth-order valence-corrected chi connectivity index (χ4v) is 7.22. The summed E-state index contributed by atoms with van der Waals surface area (Å²) in [7, 11) is 0. The zero-order valence-corrected chi connectivity index (χ0v) is 26.7. The summed E-state index contributed by atoms with van der Waals surface area (Å²) in [6, 6.07) is 24.8. The molecule has 0 aliphatic rings. The van der Waals surface area contributed by atoms with Crippen molar-refractivity contribution in [2.75, 3.05) is 0 Å². The maximum Gasteiger partial charge on any atom is 0.164 e. The van der Waals surface area contributed by atoms with Crippen LogP contribution in [0.25, 0.3) is 98.5 Å². The Morgan fingerprint density at radius 1 is 0.460 bits per heavy atom. The van der Waals surface area contributed by atoms with E-state index in [1.807, 2.05) is 78.9 Å². The second kappa shape index (κ2) is 11.6. The molecule has 0 atom stereocenters. The van der Waals surface area contributed by atoms with E-state index in [2.05, 4.69) is 0 Å². The van der Waals surface area contributed by atoms with Gasteiger partial charge in [-0.1, -0.05) is 121 Å². The molecule has 234 valence electrons. The van der Waals surface area contributed by atoms with Crippen molar-refractivity contribution in [2.24, 2.45) is 0 Å². The lowest BCUT2D eigenvalue weighted by atomic mass is 9.94. The molecule has 5 heteroatoms. The van der Waals surface area contributed by atoms with Crippen LogP contribution in [0.15, 0.2) is 168 Å². The molecule has 0 fully saturated rings. The second-order valence-electron chi connectivity index (χ2n) is 11.6. The van der Waals surface area contributed by atoms with Crippen molar-refractivity contribution in [3.63, 3.8) is 0 Å². The van der Waals surface area contributed by atoms with Crippen LogP contribution < -0.4 is 0 Å². The summed E-state index contributed by atoms with van der Waals surface area (Å²) in [6.07, 6.45) is 0. The predicted molar refractivity (Wildman–Crippen MR) is 207 cm³/mol. The molecule has 0 amide bonds. The van der Waals surface area contributed by atoms with Crippen LogP contribution in [0.1, 0.15) is 15.1 Å². The van der Waals surface area contributed by atoms with Gasteiger partial charge in [0, 0.05) is 47.6 Å². The Hall–Kier alpha value is -6.43. The zero-order chi connectivity index (χ0) is 42.6. The average molecular weight is 669 g/mol. The van der Waals surface area contributed by atoms with Crippen LogP contribution in [0.5, 0.6) is 0 Å². The molecule has 0 radical (unpaired) electrons. The van der Waals surface area contributed by atoms with Crippen molar-refractivity contribution in [2.45, 2.75) is 0 Å². The molecular weight excluding hydrogens is 631 g/mol. The van der Waals surface area contributed by atoms with Gasteiger partial charge < -0.3 is 4.42 Å². The van der Waals surface area contributed by atoms with Crippen LogP contribution in [0.2, 0.25) is 0 Å². The van der Waals surface area contributed by atoms with Gasteiger partial charge in [-0.25, -0.2) is 15.0 Å². The first kappa shape index (κ1) is 19.5. The quantitative estimate of drug-likeness (QED) is 0.183. The normalized spacial score (nSPS) is 14.7. The Kier molecular flexibility index (Phi) is 4.54. The van der Waals surface area contributed by atoms with Gasteiger partial charge in [-0.3, -0.25) is 0 Å². The maximum atomic E-state index is 9.67. The molecule has 3 aromatic heterocycles. The highest BCUT2D eigenvalue weighted by atomic mass is 32.1. The molecular formula is C45H27N3OS. The van der Waals surface area contributed by atoms with Crippen LogP contribution >= 0.6 is 11.3 Å². The third kappa shape index (κ3) is 4.87. The molecule has 10 aromatic rings. The van der Waals surface area contributed by atoms with E-state index in [1.54, 1.807) is 18.2 Å². The Labute approximate surface area is 307 Å². The maximum absolute atomic E-state index is 9.67. The lowest BCUT2D eigenvalue weighted by molar-refractivity contribution is 0.669. The van der Waals surface area contributed by atoms with Gasteiger partial charge in [-0.05, 0) is 64.6 Å². The van der Waals surface area contributed by atoms with Crippen LogP contribution in [0.4, 0.5) is 0 Å². The molecule has 0 aliphatic heterocycles. The first-order valence-corrected chi connectivity index (χ1v) is 16.5. The van der Waals surface area contributed by atoms with E-state index in [1.165, 1.54) is 0 Å². The van der Waals surface area contributed by atoms with Gasteiger partial charge in [0.1, 0.15) is 11.2 Å². The van der Waals surface area contributed by atoms with Crippen molar-refractivity contribution < 1.29 is 19.5 Å². The number of aromatic nitrogens is 3. The Morgan fingerprint density at radius 3 is 1.72 bits per heavy atom. The minimum absolute atomic E-state index is 0.00913. The number of rotatable bonds is 5. The van der Waals surface area contributed by atoms with Gasteiger partial charge in [0.25, 0.3) is 0 Å². The first-order chi connectivity index (χ1) is 29.3. The van der Waals surface area contributed by atoms with Crippen LogP contribution in [0, 0.1) is 0 Å². The van der Waals surface area contributed by atoms with Crippen molar-refractivity contribution in [1.29, 1.82) is 0 Å². The molecule has 0 saturated heterocycles. The lowest BCUT2D eigenvalue weighted by Gasteiger charge is -2.09. The Balaban J connectivity index is 1.19. The van der Waals surface area contributed by atoms with E-state index >= 15 is 0 Å². The highest BCUT2D eigenvalue weighted by Gasteiger charge is 2.17. The first-order valence-electron chi connectivity index (χ1n) is 21.2. The number of furan rings is 1. The van der Waals surface area contributed by atoms with E-state index in [0.717, 1.165) is 33.2 Å². The number of benzene rings is 7. The molecule has 7 aromatic carbocycles. The molecule has 0 bridgehead atoms. The fraction of sp³-hybridized carbons (Fsp3) is 0. The summed E-state index contributed by atoms with van der Waals surface area (Å²) in [5.41, 5.74) is 3.27. The third-order valence-corrected chi connectivity index (χ3v) is 9.56. The van der Waals surface area contributed by atoms with Gasteiger partial charge in [-0.2, -0.15) is 0 Å². The smallest absolute Gasteiger partial charge is 0.164 e. The highest BCUT2D eigenvalue weighted by Crippen LogP contribution is 2.43. The molecule has 50 heavy (non-hydrogen) atoms. The zero-order valence-electron chi connectivity index (χ0n) is 36.9. The van der Waals surface area contributed by atoms with E-state index in [9.17, 15) is 2.74 Å². The predicted octanol–water partition coefficient (Wildman–Crippen LogP) is 12.5. The van der Waals surface area contributed by atoms with E-state index in [-0.39, 0.29) is 55.0 Å². The van der Waals surface area contributed by atoms with Crippen molar-refractivity contribution in [1.82, 2.24) is 15.0 Å². The largest absolute Gasteiger partial charge is 0.456 e. The monoisotopic (exact) mass is 668 g/mol. The van der Waals surface area contributed by atoms with Crippen molar-refractivity contribution in [3.05, 3.63) is 164 Å². The van der Waals surface area contributed by atoms with Crippen LogP contribution in [0.3, 0.4) is 0 Å². The molecule has 0 spiro atoms. The molecule has 0 aliphatic carbocycles. The summed E-state index contributed by atoms with van der Waals surface area (Å²) in [5.74, 6) is 1.45. The van der Waals surface area contributed by atoms with Crippen molar-refractivity contribution in [3.8, 4) is 56.4 Å². The molecule has 4 nitrogen and oxygen atoms in total. The van der Waals surface area contributed by atoms with Crippen molar-refractivity contribution >= 4 is 53.4 Å². The summed E-state index contributed by atoms with van der Waals surface area (Å²) in [4.78, 5) is 14.5. The summed E-state index contributed by atoms with van der Waals surface area (Å²) < 4.78 is 103. The fourth-order valence-electron chi connectivity index (χ4n) is 6.20. The molecule has 0 unspecified atom stereocenters. The van der Waals surface area contributed by atoms with Gasteiger partial charge in [-0.15, -0.1) is 11.3 Å². The van der Waals surface area contributed by atoms with Gasteiger partial charge in [0.05, 0.1) is 15.1 Å². The summed E-state index contributed by atoms with van der Waals surface area (Å²) in [6.45, 7) is 0. The topological polar surface area (TPSA) is 51.8 Å². The molecule has 3 heterocycles. The second-order valence-corrected chi connectivity index (χ2v) is 12.6. The molecule has 0 saturated carbocycles. The van der Waals surface area contributed by atoms with E-state index in [4.69, 9.17) is 31.7 Å². The standard InChI is InChI=1S/C45H27N3OS/c1-4-12-28(13-5-1)37-24-33(27-41-42(37)36-18-10-11-19-40(36)50-41)31-20-22-34-35-23-21-32(26-39(35)49-38(34)25-31)45-47-43(29-14-6-2-7-15-29)46-44(48-45)30-16-8-3-9-17-30/h1-27H/i1D,4D,5D,10D,11D,12D,13D,18D,19D,24D,27D. The number of nitrogens with zero attached hydrogens (tertiary/aromatic N) is 3. The Morgan fingerprint density at radius 2 is 1.04 bits per heavy atom. The van der Waals surface area contributed by atoms with E-state index in [0.29, 0.717) is 39.8 Å². The molecule has 0 N–H and O–H groups in total. The van der Waals surface area contributed by atoms with Gasteiger partial charge in [0.15, 0.2) is 17.5 Å². The lowest BCUT2D eigenvalue weighted by Crippen LogP contribution is -2.00. The number of hydrogen-bond acceptors (Lipinski definition) is 5. The molecule has 10 rings (SSSR count). The summed E-state index contributed by atoms with van der Waals surface area (Å²) >= 11 is 0.933. The SMILES string of the molecule is [2H]c1c([2H])c([2H])c(-c2c([2H])c(-c3ccc4c(c3)oc3cc(-c5nc(-c6ccccc6)nc(-c6ccccc6)n5)ccc34)c([2H])c3sc4c([2H])c([2H])c([2H])c([2H])c4c23)c([2H])c1[2H]. The van der Waals surface area contributed by atoms with Gasteiger partial charge in [0.2, 0.25) is 0 Å².